The molecule has 0 aliphatic heterocycles. The number of hydrogen-bond donors (Lipinski definition) is 0. The Morgan fingerprint density at radius 1 is 1.58 bits per heavy atom. The van der Waals surface area contributed by atoms with Crippen LogP contribution in [0.15, 0.2) is 12.4 Å². The van der Waals surface area contributed by atoms with E-state index in [9.17, 15) is 4.79 Å². The third kappa shape index (κ3) is 2.01. The molecule has 0 bridgehead atoms. The number of halogens is 1. The van der Waals surface area contributed by atoms with Gasteiger partial charge < -0.3 is 4.74 Å². The second-order valence-corrected chi connectivity index (χ2v) is 2.58. The van der Waals surface area contributed by atoms with E-state index in [-0.39, 0.29) is 5.69 Å². The van der Waals surface area contributed by atoms with Crippen molar-refractivity contribution in [2.45, 2.75) is 5.33 Å². The quantitative estimate of drug-likeness (QED) is 0.566. The van der Waals surface area contributed by atoms with Crippen LogP contribution >= 0.6 is 15.9 Å². The third-order valence-corrected chi connectivity index (χ3v) is 1.81. The van der Waals surface area contributed by atoms with E-state index in [1.165, 1.54) is 19.5 Å². The van der Waals surface area contributed by atoms with Crippen molar-refractivity contribution in [1.82, 2.24) is 9.97 Å². The van der Waals surface area contributed by atoms with Gasteiger partial charge in [-0.3, -0.25) is 4.98 Å². The molecule has 0 atom stereocenters. The molecule has 0 aliphatic carbocycles. The van der Waals surface area contributed by atoms with Crippen molar-refractivity contribution in [3.63, 3.8) is 0 Å². The first kappa shape index (κ1) is 9.12. The highest BCUT2D eigenvalue weighted by Crippen LogP contribution is 2.00. The lowest BCUT2D eigenvalue weighted by molar-refractivity contribution is 0.0593. The van der Waals surface area contributed by atoms with E-state index in [1.807, 2.05) is 0 Å². The zero-order valence-corrected chi connectivity index (χ0v) is 8.04. The smallest absolute Gasteiger partial charge is 0.358 e. The molecule has 0 saturated heterocycles. The maximum absolute atomic E-state index is 10.9. The average molecular weight is 231 g/mol. The second kappa shape index (κ2) is 4.15. The second-order valence-electron chi connectivity index (χ2n) is 2.02. The lowest BCUT2D eigenvalue weighted by Crippen LogP contribution is -2.05. The number of alkyl halides is 1. The topological polar surface area (TPSA) is 52.1 Å². The van der Waals surface area contributed by atoms with E-state index < -0.39 is 5.97 Å². The Bertz CT molecular complexity index is 273. The van der Waals surface area contributed by atoms with Crippen LogP contribution in [0.1, 0.15) is 16.2 Å². The summed E-state index contributed by atoms with van der Waals surface area (Å²) in [5.41, 5.74) is 1.00. The van der Waals surface area contributed by atoms with E-state index in [4.69, 9.17) is 0 Å². The molecule has 5 heteroatoms. The monoisotopic (exact) mass is 230 g/mol. The minimum absolute atomic E-state index is 0.224. The van der Waals surface area contributed by atoms with Gasteiger partial charge in [-0.15, -0.1) is 0 Å². The van der Waals surface area contributed by atoms with E-state index in [0.717, 1.165) is 5.69 Å². The maximum Gasteiger partial charge on any atom is 0.358 e. The van der Waals surface area contributed by atoms with Crippen LogP contribution in [-0.2, 0) is 10.1 Å². The molecule has 1 heterocycles. The highest BCUT2D eigenvalue weighted by molar-refractivity contribution is 9.08. The number of nitrogens with zero attached hydrogens (tertiary/aromatic N) is 2. The fraction of sp³-hybridized carbons (Fsp3) is 0.286. The summed E-state index contributed by atoms with van der Waals surface area (Å²) in [6, 6.07) is 0. The number of aromatic nitrogens is 2. The van der Waals surface area contributed by atoms with Crippen molar-refractivity contribution < 1.29 is 9.53 Å². The van der Waals surface area contributed by atoms with Crippen LogP contribution in [-0.4, -0.2) is 23.0 Å². The summed E-state index contributed by atoms with van der Waals surface area (Å²) < 4.78 is 4.46. The van der Waals surface area contributed by atoms with Crippen molar-refractivity contribution in [3.05, 3.63) is 23.8 Å². The zero-order chi connectivity index (χ0) is 8.97. The molecular formula is C7H7BrN2O2. The van der Waals surface area contributed by atoms with E-state index in [0.29, 0.717) is 5.33 Å². The molecular weight excluding hydrogens is 224 g/mol. The van der Waals surface area contributed by atoms with E-state index >= 15 is 0 Å². The molecule has 64 valence electrons. The number of esters is 1. The number of methoxy groups -OCH3 is 1. The first-order valence-electron chi connectivity index (χ1n) is 3.23. The van der Waals surface area contributed by atoms with Crippen LogP contribution in [0.3, 0.4) is 0 Å². The Balaban J connectivity index is 2.84. The average Bonchev–Trinajstić information content (AvgIpc) is 2.17. The number of carbonyl (C=O) groups excluding carboxylic acids is 1. The Kier molecular flexibility index (Phi) is 3.16. The molecule has 1 aromatic rings. The van der Waals surface area contributed by atoms with Crippen LogP contribution in [0.25, 0.3) is 0 Å². The van der Waals surface area contributed by atoms with Crippen molar-refractivity contribution >= 4 is 21.9 Å². The van der Waals surface area contributed by atoms with Crippen LogP contribution in [0.5, 0.6) is 0 Å². The summed E-state index contributed by atoms with van der Waals surface area (Å²) in [7, 11) is 1.31. The minimum atomic E-state index is -0.469. The van der Waals surface area contributed by atoms with Gasteiger partial charge in [0.25, 0.3) is 0 Å². The lowest BCUT2D eigenvalue weighted by atomic mass is 10.4. The predicted octanol–water partition coefficient (Wildman–Crippen LogP) is 1.16. The summed E-state index contributed by atoms with van der Waals surface area (Å²) in [5.74, 6) is -0.469. The summed E-state index contributed by atoms with van der Waals surface area (Å²) in [6.45, 7) is 0. The van der Waals surface area contributed by atoms with Gasteiger partial charge in [-0.2, -0.15) is 0 Å². The van der Waals surface area contributed by atoms with Gasteiger partial charge >= 0.3 is 5.97 Å². The number of ether oxygens (including phenoxy) is 1. The van der Waals surface area contributed by atoms with Gasteiger partial charge in [0.2, 0.25) is 0 Å². The summed E-state index contributed by atoms with van der Waals surface area (Å²) in [5, 5.41) is 0.626. The van der Waals surface area contributed by atoms with Crippen molar-refractivity contribution in [3.8, 4) is 0 Å². The standard InChI is InChI=1S/C7H7BrN2O2/c1-12-7(11)6-4-9-5(2-8)3-10-6/h3-4H,2H2,1H3. The molecule has 0 saturated carbocycles. The van der Waals surface area contributed by atoms with Crippen LogP contribution < -0.4 is 0 Å². The number of rotatable bonds is 2. The number of carbonyl (C=O) groups is 1. The molecule has 0 fully saturated rings. The summed E-state index contributed by atoms with van der Waals surface area (Å²) >= 11 is 3.22. The zero-order valence-electron chi connectivity index (χ0n) is 6.45. The molecule has 0 spiro atoms. The molecule has 1 aromatic heterocycles. The largest absolute Gasteiger partial charge is 0.464 e. The molecule has 0 N–H and O–H groups in total. The molecule has 1 rings (SSSR count). The van der Waals surface area contributed by atoms with Gasteiger partial charge in [0.15, 0.2) is 5.69 Å². The summed E-state index contributed by atoms with van der Waals surface area (Å²) in [4.78, 5) is 18.7. The predicted molar refractivity (Wildman–Crippen MR) is 46.0 cm³/mol. The van der Waals surface area contributed by atoms with E-state index in [2.05, 4.69) is 30.6 Å². The molecule has 12 heavy (non-hydrogen) atoms. The third-order valence-electron chi connectivity index (χ3n) is 1.24. The van der Waals surface area contributed by atoms with Crippen LogP contribution in [0.2, 0.25) is 0 Å². The van der Waals surface area contributed by atoms with Gasteiger partial charge in [-0.05, 0) is 0 Å². The molecule has 0 radical (unpaired) electrons. The van der Waals surface area contributed by atoms with Crippen LogP contribution in [0, 0.1) is 0 Å². The van der Waals surface area contributed by atoms with Crippen LogP contribution in [0.4, 0.5) is 0 Å². The fourth-order valence-corrected chi connectivity index (χ4v) is 0.923. The van der Waals surface area contributed by atoms with Gasteiger partial charge in [0, 0.05) is 5.33 Å². The first-order valence-corrected chi connectivity index (χ1v) is 4.35. The number of hydrogen-bond acceptors (Lipinski definition) is 4. The van der Waals surface area contributed by atoms with Crippen molar-refractivity contribution in [2.75, 3.05) is 7.11 Å². The molecule has 0 aliphatic rings. The highest BCUT2D eigenvalue weighted by atomic mass is 79.9. The van der Waals surface area contributed by atoms with Crippen molar-refractivity contribution in [2.24, 2.45) is 0 Å². The molecule has 0 aromatic carbocycles. The maximum atomic E-state index is 10.9. The Labute approximate surface area is 78.1 Å². The molecule has 0 unspecified atom stereocenters. The fourth-order valence-electron chi connectivity index (χ4n) is 0.634. The molecule has 0 amide bonds. The van der Waals surface area contributed by atoms with Gasteiger partial charge in [0.1, 0.15) is 0 Å². The Morgan fingerprint density at radius 2 is 2.33 bits per heavy atom. The lowest BCUT2D eigenvalue weighted by Gasteiger charge is -1.97. The van der Waals surface area contributed by atoms with Crippen molar-refractivity contribution in [1.29, 1.82) is 0 Å². The normalized spacial score (nSPS) is 9.50. The van der Waals surface area contributed by atoms with E-state index in [1.54, 1.807) is 0 Å². The Morgan fingerprint density at radius 3 is 2.75 bits per heavy atom. The molecule has 4 nitrogen and oxygen atoms in total. The minimum Gasteiger partial charge on any atom is -0.464 e. The van der Waals surface area contributed by atoms with Gasteiger partial charge in [-0.25, -0.2) is 9.78 Å². The summed E-state index contributed by atoms with van der Waals surface area (Å²) in [6.07, 6.45) is 2.92. The van der Waals surface area contributed by atoms with Gasteiger partial charge in [-0.1, -0.05) is 15.9 Å². The highest BCUT2D eigenvalue weighted by Gasteiger charge is 2.06. The first-order chi connectivity index (χ1) is 5.77. The Hall–Kier alpha value is -0.970. The van der Waals surface area contributed by atoms with Gasteiger partial charge in [0.05, 0.1) is 25.2 Å². The SMILES string of the molecule is COC(=O)c1cnc(CBr)cn1.